The molecule has 0 aliphatic rings. The minimum absolute atomic E-state index is 0.926. The van der Waals surface area contributed by atoms with Crippen molar-refractivity contribution >= 4 is 5.71 Å². The van der Waals surface area contributed by atoms with E-state index in [2.05, 4.69) is 23.0 Å². The third-order valence-electron chi connectivity index (χ3n) is 1.68. The molecule has 68 valence electrons. The lowest BCUT2D eigenvalue weighted by Crippen LogP contribution is -1.98. The van der Waals surface area contributed by atoms with Crippen molar-refractivity contribution in [1.29, 1.82) is 0 Å². The van der Waals surface area contributed by atoms with Gasteiger partial charge in [0.15, 0.2) is 0 Å². The number of hydrogen-bond acceptors (Lipinski definition) is 2. The van der Waals surface area contributed by atoms with Crippen LogP contribution < -0.4 is 0 Å². The molecule has 0 aliphatic heterocycles. The highest BCUT2D eigenvalue weighted by molar-refractivity contribution is 6.07. The van der Waals surface area contributed by atoms with Gasteiger partial charge in [-0.3, -0.25) is 9.98 Å². The fourth-order valence-corrected chi connectivity index (χ4v) is 1.02. The van der Waals surface area contributed by atoms with Gasteiger partial charge >= 0.3 is 0 Å². The van der Waals surface area contributed by atoms with Gasteiger partial charge < -0.3 is 0 Å². The lowest BCUT2D eigenvalue weighted by Gasteiger charge is -1.97. The minimum atomic E-state index is 0.926. The molecule has 0 bridgehead atoms. The highest BCUT2D eigenvalue weighted by Gasteiger charge is 1.96. The zero-order valence-electron chi connectivity index (χ0n) is 8.07. The molecular weight excluding hydrogens is 160 g/mol. The molecule has 0 N–H and O–H groups in total. The van der Waals surface area contributed by atoms with Crippen LogP contribution >= 0.6 is 0 Å². The molecule has 2 nitrogen and oxygen atoms in total. The molecule has 1 rings (SSSR count). The Bertz CT molecular complexity index is 299. The summed E-state index contributed by atoms with van der Waals surface area (Å²) in [6.45, 7) is 2.10. The molecule has 13 heavy (non-hydrogen) atoms. The molecule has 1 heterocycles. The topological polar surface area (TPSA) is 25.2 Å². The summed E-state index contributed by atoms with van der Waals surface area (Å²) >= 11 is 0. The van der Waals surface area contributed by atoms with Crippen LogP contribution in [0.15, 0.2) is 41.5 Å². The first kappa shape index (κ1) is 9.65. The Kier molecular flexibility index (Phi) is 3.89. The highest BCUT2D eigenvalue weighted by Crippen LogP contribution is 1.98. The van der Waals surface area contributed by atoms with E-state index in [1.165, 1.54) is 0 Å². The van der Waals surface area contributed by atoms with Gasteiger partial charge in [-0.25, -0.2) is 0 Å². The predicted octanol–water partition coefficient (Wildman–Crippen LogP) is 2.47. The second-order valence-electron chi connectivity index (χ2n) is 2.63. The fraction of sp³-hybridized carbons (Fsp3) is 0.273. The molecule has 0 spiro atoms. The third kappa shape index (κ3) is 2.82. The Morgan fingerprint density at radius 3 is 2.92 bits per heavy atom. The molecule has 0 aromatic carbocycles. The first-order valence-electron chi connectivity index (χ1n) is 4.43. The van der Waals surface area contributed by atoms with Crippen molar-refractivity contribution in [2.24, 2.45) is 4.99 Å². The maximum Gasteiger partial charge on any atom is 0.0881 e. The van der Waals surface area contributed by atoms with Crippen molar-refractivity contribution < 1.29 is 0 Å². The van der Waals surface area contributed by atoms with E-state index in [0.717, 1.165) is 17.8 Å². The second kappa shape index (κ2) is 5.25. The van der Waals surface area contributed by atoms with E-state index in [-0.39, 0.29) is 0 Å². The summed E-state index contributed by atoms with van der Waals surface area (Å²) in [4.78, 5) is 8.38. The maximum absolute atomic E-state index is 4.22. The summed E-state index contributed by atoms with van der Waals surface area (Å²) in [5.74, 6) is 0. The van der Waals surface area contributed by atoms with Crippen LogP contribution in [-0.2, 0) is 0 Å². The van der Waals surface area contributed by atoms with Crippen molar-refractivity contribution in [2.75, 3.05) is 7.05 Å². The van der Waals surface area contributed by atoms with Crippen LogP contribution in [0.5, 0.6) is 0 Å². The lowest BCUT2D eigenvalue weighted by molar-refractivity contribution is 1.22. The van der Waals surface area contributed by atoms with Crippen molar-refractivity contribution in [1.82, 2.24) is 4.98 Å². The number of rotatable bonds is 3. The van der Waals surface area contributed by atoms with Crippen LogP contribution in [0.25, 0.3) is 0 Å². The molecule has 2 heteroatoms. The number of nitrogens with zero attached hydrogens (tertiary/aromatic N) is 2. The predicted molar refractivity (Wildman–Crippen MR) is 56.1 cm³/mol. The zero-order valence-corrected chi connectivity index (χ0v) is 8.07. The molecule has 0 atom stereocenters. The minimum Gasteiger partial charge on any atom is -0.286 e. The van der Waals surface area contributed by atoms with Gasteiger partial charge in [-0.1, -0.05) is 19.1 Å². The van der Waals surface area contributed by atoms with Gasteiger partial charge in [0.25, 0.3) is 0 Å². The Morgan fingerprint density at radius 2 is 2.38 bits per heavy atom. The first-order chi connectivity index (χ1) is 6.38. The van der Waals surface area contributed by atoms with Gasteiger partial charge in [-0.05, 0) is 24.6 Å². The van der Waals surface area contributed by atoms with Gasteiger partial charge in [-0.2, -0.15) is 0 Å². The first-order valence-corrected chi connectivity index (χ1v) is 4.43. The standard InChI is InChI=1S/C11H14N2/c1-3-4-7-10(12-2)11-8-5-6-9-13-11/h4-9H,3H2,1-2H3/b7-4-,12-10?. The van der Waals surface area contributed by atoms with Gasteiger partial charge in [-0.15, -0.1) is 0 Å². The Labute approximate surface area is 79.0 Å². The summed E-state index contributed by atoms with van der Waals surface area (Å²) < 4.78 is 0. The number of pyridine rings is 1. The molecule has 0 radical (unpaired) electrons. The average Bonchev–Trinajstić information content (AvgIpc) is 2.21. The van der Waals surface area contributed by atoms with Gasteiger partial charge in [0.2, 0.25) is 0 Å². The van der Waals surface area contributed by atoms with E-state index < -0.39 is 0 Å². The molecule has 1 aromatic heterocycles. The molecule has 0 amide bonds. The van der Waals surface area contributed by atoms with Crippen molar-refractivity contribution in [3.8, 4) is 0 Å². The van der Waals surface area contributed by atoms with Crippen molar-refractivity contribution in [2.45, 2.75) is 13.3 Å². The largest absolute Gasteiger partial charge is 0.286 e. The normalized spacial score (nSPS) is 12.3. The second-order valence-corrected chi connectivity index (χ2v) is 2.63. The van der Waals surface area contributed by atoms with Crippen LogP contribution in [0, 0.1) is 0 Å². The summed E-state index contributed by atoms with van der Waals surface area (Å²) in [6, 6.07) is 5.83. The van der Waals surface area contributed by atoms with Gasteiger partial charge in [0.1, 0.15) is 0 Å². The maximum atomic E-state index is 4.22. The van der Waals surface area contributed by atoms with E-state index >= 15 is 0 Å². The summed E-state index contributed by atoms with van der Waals surface area (Å²) in [5, 5.41) is 0. The molecule has 0 saturated heterocycles. The SMILES string of the molecule is CC/C=C\C(=NC)c1ccccn1. The van der Waals surface area contributed by atoms with E-state index in [1.54, 1.807) is 13.2 Å². The van der Waals surface area contributed by atoms with Crippen LogP contribution in [0.4, 0.5) is 0 Å². The number of hydrogen-bond donors (Lipinski definition) is 0. The van der Waals surface area contributed by atoms with Crippen LogP contribution in [0.1, 0.15) is 19.0 Å². The lowest BCUT2D eigenvalue weighted by atomic mass is 10.2. The molecule has 1 aromatic rings. The highest BCUT2D eigenvalue weighted by atomic mass is 14.7. The summed E-state index contributed by atoms with van der Waals surface area (Å²) in [5.41, 5.74) is 1.86. The monoisotopic (exact) mass is 174 g/mol. The van der Waals surface area contributed by atoms with E-state index in [9.17, 15) is 0 Å². The van der Waals surface area contributed by atoms with E-state index in [1.807, 2.05) is 24.3 Å². The van der Waals surface area contributed by atoms with Crippen LogP contribution in [-0.4, -0.2) is 17.7 Å². The van der Waals surface area contributed by atoms with E-state index in [0.29, 0.717) is 0 Å². The summed E-state index contributed by atoms with van der Waals surface area (Å²) in [7, 11) is 1.78. The molecule has 0 fully saturated rings. The van der Waals surface area contributed by atoms with Crippen LogP contribution in [0.2, 0.25) is 0 Å². The Balaban J connectivity index is 2.87. The van der Waals surface area contributed by atoms with Crippen molar-refractivity contribution in [3.05, 3.63) is 42.2 Å². The summed E-state index contributed by atoms with van der Waals surface area (Å²) in [6.07, 6.45) is 6.88. The smallest absolute Gasteiger partial charge is 0.0881 e. The van der Waals surface area contributed by atoms with Crippen LogP contribution in [0.3, 0.4) is 0 Å². The Hall–Kier alpha value is -1.44. The Morgan fingerprint density at radius 1 is 1.54 bits per heavy atom. The van der Waals surface area contributed by atoms with Gasteiger partial charge in [0, 0.05) is 13.2 Å². The molecule has 0 aliphatic carbocycles. The molecule has 0 saturated carbocycles. The zero-order chi connectivity index (χ0) is 9.52. The fourth-order valence-electron chi connectivity index (χ4n) is 1.02. The molecular formula is C11H14N2. The molecule has 0 unspecified atom stereocenters. The average molecular weight is 174 g/mol. The number of aromatic nitrogens is 1. The number of allylic oxidation sites excluding steroid dienone is 2. The third-order valence-corrected chi connectivity index (χ3v) is 1.68. The van der Waals surface area contributed by atoms with Gasteiger partial charge in [0.05, 0.1) is 11.4 Å². The quantitative estimate of drug-likeness (QED) is 0.646. The number of aliphatic imine (C=N–C) groups is 1. The van der Waals surface area contributed by atoms with E-state index in [4.69, 9.17) is 0 Å². The van der Waals surface area contributed by atoms with Crippen molar-refractivity contribution in [3.63, 3.8) is 0 Å².